The van der Waals surface area contributed by atoms with Crippen molar-refractivity contribution in [2.24, 2.45) is 0 Å². The van der Waals surface area contributed by atoms with E-state index in [1.807, 2.05) is 0 Å². The number of nitrogens with zero attached hydrogens (tertiary/aromatic N) is 2. The second-order valence-corrected chi connectivity index (χ2v) is 2.95. The zero-order valence-electron chi connectivity index (χ0n) is 8.13. The summed E-state index contributed by atoms with van der Waals surface area (Å²) in [7, 11) is 0. The molecule has 2 aromatic rings. The summed E-state index contributed by atoms with van der Waals surface area (Å²) in [6.07, 6.45) is 3.22. The predicted molar refractivity (Wildman–Crippen MR) is 53.9 cm³/mol. The molecule has 1 heterocycles. The number of aromatic nitrogens is 2. The van der Waals surface area contributed by atoms with E-state index in [0.717, 1.165) is 0 Å². The van der Waals surface area contributed by atoms with Crippen LogP contribution in [0.3, 0.4) is 0 Å². The third-order valence-electron chi connectivity index (χ3n) is 1.82. The smallest absolute Gasteiger partial charge is 0.322 e. The highest BCUT2D eigenvalue weighted by Gasteiger charge is 2.05. The van der Waals surface area contributed by atoms with Crippen LogP contribution in [0.5, 0.6) is 11.8 Å². The fourth-order valence-electron chi connectivity index (χ4n) is 1.07. The number of para-hydroxylation sites is 1. The van der Waals surface area contributed by atoms with E-state index < -0.39 is 5.82 Å². The number of carbonyl (C=O) groups excluding carboxylic acids is 1. The molecule has 0 amide bonds. The highest BCUT2D eigenvalue weighted by molar-refractivity contribution is 5.73. The minimum atomic E-state index is -0.495. The average molecular weight is 218 g/mol. The molecule has 16 heavy (non-hydrogen) atoms. The van der Waals surface area contributed by atoms with Crippen molar-refractivity contribution >= 4 is 6.29 Å². The Morgan fingerprint density at radius 1 is 1.19 bits per heavy atom. The molecule has 0 spiro atoms. The van der Waals surface area contributed by atoms with Crippen LogP contribution < -0.4 is 4.74 Å². The molecule has 80 valence electrons. The Kier molecular flexibility index (Phi) is 2.86. The number of aldehydes is 1. The molecule has 0 bridgehead atoms. The van der Waals surface area contributed by atoms with Gasteiger partial charge in [-0.2, -0.15) is 0 Å². The number of benzene rings is 1. The summed E-state index contributed by atoms with van der Waals surface area (Å²) in [4.78, 5) is 17.9. The number of halogens is 1. The Morgan fingerprint density at radius 2 is 1.88 bits per heavy atom. The molecule has 0 unspecified atom stereocenters. The second-order valence-electron chi connectivity index (χ2n) is 2.95. The van der Waals surface area contributed by atoms with Crippen LogP contribution in [0.1, 0.15) is 10.4 Å². The molecule has 1 aromatic carbocycles. The molecule has 0 saturated heterocycles. The van der Waals surface area contributed by atoms with Crippen LogP contribution in [-0.2, 0) is 0 Å². The third kappa shape index (κ3) is 2.20. The number of carbonyl (C=O) groups is 1. The highest BCUT2D eigenvalue weighted by Crippen LogP contribution is 2.20. The van der Waals surface area contributed by atoms with Gasteiger partial charge in [0.1, 0.15) is 0 Å². The van der Waals surface area contributed by atoms with Crippen molar-refractivity contribution in [1.82, 2.24) is 9.97 Å². The maximum absolute atomic E-state index is 13.2. The summed E-state index contributed by atoms with van der Waals surface area (Å²) in [6.45, 7) is 0. The standard InChI is InChI=1S/C11H7FN2O2/c12-9-3-1-2-4-10(9)16-11-13-5-8(7-15)6-14-11/h1-7H. The zero-order valence-corrected chi connectivity index (χ0v) is 8.13. The van der Waals surface area contributed by atoms with Gasteiger partial charge in [-0.15, -0.1) is 0 Å². The van der Waals surface area contributed by atoms with Gasteiger partial charge in [0.25, 0.3) is 0 Å². The van der Waals surface area contributed by atoms with E-state index in [9.17, 15) is 9.18 Å². The van der Waals surface area contributed by atoms with Crippen LogP contribution in [-0.4, -0.2) is 16.3 Å². The largest absolute Gasteiger partial charge is 0.421 e. The van der Waals surface area contributed by atoms with Crippen LogP contribution in [0.15, 0.2) is 36.7 Å². The number of rotatable bonds is 3. The molecule has 0 atom stereocenters. The van der Waals surface area contributed by atoms with E-state index in [4.69, 9.17) is 4.74 Å². The normalized spacial score (nSPS) is 9.81. The lowest BCUT2D eigenvalue weighted by Gasteiger charge is -2.03. The predicted octanol–water partition coefficient (Wildman–Crippen LogP) is 2.22. The minimum absolute atomic E-state index is 0.00398. The Hall–Kier alpha value is -2.30. The van der Waals surface area contributed by atoms with Crippen molar-refractivity contribution in [2.75, 3.05) is 0 Å². The summed E-state index contributed by atoms with van der Waals surface area (Å²) in [6, 6.07) is 5.92. The second kappa shape index (κ2) is 4.48. The SMILES string of the molecule is O=Cc1cnc(Oc2ccccc2F)nc1. The number of hydrogen-bond acceptors (Lipinski definition) is 4. The molecule has 0 saturated carbocycles. The molecular weight excluding hydrogens is 211 g/mol. The molecule has 0 aliphatic heterocycles. The first-order chi connectivity index (χ1) is 7.79. The molecule has 4 nitrogen and oxygen atoms in total. The lowest BCUT2D eigenvalue weighted by molar-refractivity contribution is 0.112. The maximum atomic E-state index is 13.2. The van der Waals surface area contributed by atoms with Gasteiger partial charge in [0.2, 0.25) is 0 Å². The molecule has 0 fully saturated rings. The van der Waals surface area contributed by atoms with E-state index in [1.54, 1.807) is 12.1 Å². The average Bonchev–Trinajstić information content (AvgIpc) is 2.33. The molecule has 5 heteroatoms. The van der Waals surface area contributed by atoms with Crippen molar-refractivity contribution in [3.63, 3.8) is 0 Å². The Morgan fingerprint density at radius 3 is 2.50 bits per heavy atom. The van der Waals surface area contributed by atoms with Crippen LogP contribution in [0.4, 0.5) is 4.39 Å². The van der Waals surface area contributed by atoms with Gasteiger partial charge in [-0.3, -0.25) is 4.79 Å². The lowest BCUT2D eigenvalue weighted by Crippen LogP contribution is -1.94. The van der Waals surface area contributed by atoms with Gasteiger partial charge in [0, 0.05) is 12.4 Å². The first-order valence-corrected chi connectivity index (χ1v) is 4.49. The van der Waals surface area contributed by atoms with Gasteiger partial charge >= 0.3 is 6.01 Å². The van der Waals surface area contributed by atoms with E-state index in [2.05, 4.69) is 9.97 Å². The fraction of sp³-hybridized carbons (Fsp3) is 0. The first-order valence-electron chi connectivity index (χ1n) is 4.49. The maximum Gasteiger partial charge on any atom is 0.322 e. The van der Waals surface area contributed by atoms with Crippen molar-refractivity contribution < 1.29 is 13.9 Å². The Labute approximate surface area is 90.7 Å². The zero-order chi connectivity index (χ0) is 11.4. The van der Waals surface area contributed by atoms with Crippen LogP contribution in [0.25, 0.3) is 0 Å². The van der Waals surface area contributed by atoms with E-state index >= 15 is 0 Å². The van der Waals surface area contributed by atoms with Crippen molar-refractivity contribution in [3.8, 4) is 11.8 Å². The van der Waals surface area contributed by atoms with E-state index in [0.29, 0.717) is 11.8 Å². The topological polar surface area (TPSA) is 52.1 Å². The molecule has 0 aliphatic carbocycles. The summed E-state index contributed by atoms with van der Waals surface area (Å²) in [5.74, 6) is -0.452. The number of hydrogen-bond donors (Lipinski definition) is 0. The van der Waals surface area contributed by atoms with Crippen molar-refractivity contribution in [3.05, 3.63) is 48.0 Å². The summed E-state index contributed by atoms with van der Waals surface area (Å²) in [5, 5.41) is 0. The molecular formula is C11H7FN2O2. The summed E-state index contributed by atoms with van der Waals surface area (Å²) < 4.78 is 18.3. The van der Waals surface area contributed by atoms with Crippen LogP contribution in [0, 0.1) is 5.82 Å². The third-order valence-corrected chi connectivity index (χ3v) is 1.82. The van der Waals surface area contributed by atoms with Crippen molar-refractivity contribution in [2.45, 2.75) is 0 Å². The Bertz CT molecular complexity index is 500. The highest BCUT2D eigenvalue weighted by atomic mass is 19.1. The van der Waals surface area contributed by atoms with Gasteiger partial charge in [-0.25, -0.2) is 14.4 Å². The molecule has 0 radical (unpaired) electrons. The number of ether oxygens (including phenoxy) is 1. The summed E-state index contributed by atoms with van der Waals surface area (Å²) in [5.41, 5.74) is 0.334. The fourth-order valence-corrected chi connectivity index (χ4v) is 1.07. The quantitative estimate of drug-likeness (QED) is 0.741. The Balaban J connectivity index is 2.21. The van der Waals surface area contributed by atoms with E-state index in [1.165, 1.54) is 24.5 Å². The van der Waals surface area contributed by atoms with Crippen LogP contribution >= 0.6 is 0 Å². The molecule has 2 rings (SSSR count). The summed E-state index contributed by atoms with van der Waals surface area (Å²) >= 11 is 0. The molecule has 0 aliphatic rings. The van der Waals surface area contributed by atoms with Gasteiger partial charge in [0.05, 0.1) is 5.56 Å². The van der Waals surface area contributed by atoms with Gasteiger partial charge in [-0.05, 0) is 12.1 Å². The van der Waals surface area contributed by atoms with Crippen molar-refractivity contribution in [1.29, 1.82) is 0 Å². The van der Waals surface area contributed by atoms with E-state index in [-0.39, 0.29) is 11.8 Å². The molecule has 1 aromatic heterocycles. The first kappa shape index (κ1) is 10.2. The van der Waals surface area contributed by atoms with Gasteiger partial charge < -0.3 is 4.74 Å². The van der Waals surface area contributed by atoms with Gasteiger partial charge in [-0.1, -0.05) is 12.1 Å². The molecule has 0 N–H and O–H groups in total. The van der Waals surface area contributed by atoms with Crippen LogP contribution in [0.2, 0.25) is 0 Å². The minimum Gasteiger partial charge on any atom is -0.421 e. The monoisotopic (exact) mass is 218 g/mol. The van der Waals surface area contributed by atoms with Gasteiger partial charge in [0.15, 0.2) is 17.9 Å². The lowest BCUT2D eigenvalue weighted by atomic mass is 10.3.